The van der Waals surface area contributed by atoms with Gasteiger partial charge in [-0.3, -0.25) is 0 Å². The first-order valence-corrected chi connectivity index (χ1v) is 10.8. The summed E-state index contributed by atoms with van der Waals surface area (Å²) in [6, 6.07) is 0. The molecule has 2 aliphatic rings. The van der Waals surface area contributed by atoms with Crippen LogP contribution in [0.2, 0.25) is 0 Å². The number of nitrogens with one attached hydrogen (secondary N) is 2. The smallest absolute Gasteiger partial charge is 0.215 e. The summed E-state index contributed by atoms with van der Waals surface area (Å²) in [5.41, 5.74) is 1.30. The number of aromatic nitrogens is 2. The molecule has 4 heterocycles. The van der Waals surface area contributed by atoms with E-state index < -0.39 is 10.0 Å². The molecule has 0 saturated carbocycles. The largest absolute Gasteiger partial charge is 0.368 e. The number of thiophene rings is 1. The lowest BCUT2D eigenvalue weighted by atomic mass is 10.1. The van der Waals surface area contributed by atoms with Crippen molar-refractivity contribution in [3.63, 3.8) is 0 Å². The zero-order valence-electron chi connectivity index (χ0n) is 14.2. The van der Waals surface area contributed by atoms with Crippen LogP contribution >= 0.6 is 36.2 Å². The van der Waals surface area contributed by atoms with Gasteiger partial charge in [0.25, 0.3) is 0 Å². The van der Waals surface area contributed by atoms with E-state index in [1.54, 1.807) is 22.0 Å². The fraction of sp³-hybridized carbons (Fsp3) is 0.600. The van der Waals surface area contributed by atoms with Crippen LogP contribution in [0, 0.1) is 0 Å². The predicted octanol–water partition coefficient (Wildman–Crippen LogP) is 2.02. The Balaban J connectivity index is 0.00000121. The van der Waals surface area contributed by atoms with Crippen LogP contribution in [0.3, 0.4) is 0 Å². The Morgan fingerprint density at radius 2 is 2.00 bits per heavy atom. The molecule has 0 unspecified atom stereocenters. The molecule has 26 heavy (non-hydrogen) atoms. The maximum Gasteiger partial charge on any atom is 0.215 e. The summed E-state index contributed by atoms with van der Waals surface area (Å²) in [7, 11) is -3.17. The molecule has 2 aromatic heterocycles. The van der Waals surface area contributed by atoms with Crippen molar-refractivity contribution in [2.45, 2.75) is 25.8 Å². The second kappa shape index (κ2) is 8.99. The van der Waals surface area contributed by atoms with E-state index in [-0.39, 0.29) is 30.6 Å². The molecular formula is C15H23Cl2N5O2S2. The van der Waals surface area contributed by atoms with Crippen LogP contribution in [0.1, 0.15) is 23.3 Å². The number of fused-ring (bicyclic) bond motifs is 3. The lowest BCUT2D eigenvalue weighted by Crippen LogP contribution is -2.32. The summed E-state index contributed by atoms with van der Waals surface area (Å²) in [4.78, 5) is 11.0. The van der Waals surface area contributed by atoms with Crippen molar-refractivity contribution in [1.29, 1.82) is 0 Å². The third kappa shape index (κ3) is 4.23. The Hall–Kier alpha value is -0.710. The second-order valence-corrected chi connectivity index (χ2v) is 9.35. The standard InChI is InChI=1S/C15H21N5O2S2.2ClH/c21-24(22,20-6-1-2-7-20)8-5-17-14-13-11-3-4-16-9-12(11)23-15(13)19-10-18-14;;/h10,16H,1-9H2,(H,17,18,19);2*1H. The molecule has 2 N–H and O–H groups in total. The molecule has 4 rings (SSSR count). The maximum absolute atomic E-state index is 12.3. The first-order valence-electron chi connectivity index (χ1n) is 8.33. The highest BCUT2D eigenvalue weighted by Gasteiger charge is 2.25. The number of anilines is 1. The van der Waals surface area contributed by atoms with E-state index in [1.807, 2.05) is 0 Å². The minimum Gasteiger partial charge on any atom is -0.368 e. The Morgan fingerprint density at radius 1 is 1.23 bits per heavy atom. The molecule has 0 atom stereocenters. The van der Waals surface area contributed by atoms with Gasteiger partial charge in [-0.2, -0.15) is 0 Å². The molecule has 7 nitrogen and oxygen atoms in total. The molecule has 0 aliphatic carbocycles. The lowest BCUT2D eigenvalue weighted by molar-refractivity contribution is 0.478. The highest BCUT2D eigenvalue weighted by molar-refractivity contribution is 7.89. The number of hydrogen-bond acceptors (Lipinski definition) is 7. The number of sulfonamides is 1. The van der Waals surface area contributed by atoms with Gasteiger partial charge in [0.2, 0.25) is 10.0 Å². The Morgan fingerprint density at radius 3 is 2.77 bits per heavy atom. The topological polar surface area (TPSA) is 87.2 Å². The van der Waals surface area contributed by atoms with Crippen LogP contribution in [0.15, 0.2) is 6.33 Å². The van der Waals surface area contributed by atoms with Crippen LogP contribution in [0.25, 0.3) is 10.2 Å². The maximum atomic E-state index is 12.3. The van der Waals surface area contributed by atoms with Crippen LogP contribution in [0.5, 0.6) is 0 Å². The minimum absolute atomic E-state index is 0. The van der Waals surface area contributed by atoms with Crippen LogP contribution in [-0.2, 0) is 23.0 Å². The molecule has 0 amide bonds. The van der Waals surface area contributed by atoms with Gasteiger partial charge in [-0.15, -0.1) is 36.2 Å². The fourth-order valence-corrected chi connectivity index (χ4v) is 5.98. The van der Waals surface area contributed by atoms with Gasteiger partial charge in [0, 0.05) is 31.1 Å². The molecule has 0 aromatic carbocycles. The van der Waals surface area contributed by atoms with Gasteiger partial charge in [0.05, 0.1) is 11.1 Å². The van der Waals surface area contributed by atoms with E-state index in [9.17, 15) is 8.42 Å². The molecule has 0 bridgehead atoms. The van der Waals surface area contributed by atoms with Crippen molar-refractivity contribution in [2.75, 3.05) is 37.2 Å². The van der Waals surface area contributed by atoms with Gasteiger partial charge in [0.1, 0.15) is 17.0 Å². The third-order valence-electron chi connectivity index (χ3n) is 4.62. The molecular weight excluding hydrogens is 417 g/mol. The van der Waals surface area contributed by atoms with Crippen LogP contribution < -0.4 is 10.6 Å². The Labute approximate surface area is 169 Å². The van der Waals surface area contributed by atoms with E-state index >= 15 is 0 Å². The van der Waals surface area contributed by atoms with Crippen molar-refractivity contribution in [2.24, 2.45) is 0 Å². The molecule has 146 valence electrons. The molecule has 1 fully saturated rings. The first kappa shape index (κ1) is 21.6. The second-order valence-electron chi connectivity index (χ2n) is 6.18. The first-order chi connectivity index (χ1) is 11.6. The molecule has 0 spiro atoms. The van der Waals surface area contributed by atoms with Crippen molar-refractivity contribution in [1.82, 2.24) is 19.6 Å². The minimum atomic E-state index is -3.17. The van der Waals surface area contributed by atoms with Crippen LogP contribution in [0.4, 0.5) is 5.82 Å². The van der Waals surface area contributed by atoms with Crippen molar-refractivity contribution in [3.8, 4) is 0 Å². The van der Waals surface area contributed by atoms with Gasteiger partial charge in [-0.25, -0.2) is 22.7 Å². The predicted molar refractivity (Wildman–Crippen MR) is 110 cm³/mol. The highest BCUT2D eigenvalue weighted by atomic mass is 35.5. The number of nitrogens with zero attached hydrogens (tertiary/aromatic N) is 3. The molecule has 1 saturated heterocycles. The molecule has 11 heteroatoms. The zero-order valence-corrected chi connectivity index (χ0v) is 17.5. The Kier molecular flexibility index (Phi) is 7.46. The summed E-state index contributed by atoms with van der Waals surface area (Å²) < 4.78 is 26.2. The number of hydrogen-bond donors (Lipinski definition) is 2. The summed E-state index contributed by atoms with van der Waals surface area (Å²) in [5, 5.41) is 7.67. The van der Waals surface area contributed by atoms with Gasteiger partial charge in [-0.05, 0) is 31.4 Å². The van der Waals surface area contributed by atoms with Crippen molar-refractivity contribution < 1.29 is 8.42 Å². The molecule has 0 radical (unpaired) electrons. The SMILES string of the molecule is Cl.Cl.O=S(=O)(CCNc1ncnc2sc3c(c12)CCNC3)N1CCCC1. The highest BCUT2D eigenvalue weighted by Crippen LogP contribution is 2.35. The summed E-state index contributed by atoms with van der Waals surface area (Å²) in [6.45, 7) is 3.51. The number of halogens is 2. The van der Waals surface area contributed by atoms with Crippen LogP contribution in [-0.4, -0.2) is 54.6 Å². The van der Waals surface area contributed by atoms with Gasteiger partial charge < -0.3 is 10.6 Å². The third-order valence-corrected chi connectivity index (χ3v) is 7.63. The van der Waals surface area contributed by atoms with E-state index in [4.69, 9.17) is 0 Å². The quantitative estimate of drug-likeness (QED) is 0.740. The van der Waals surface area contributed by atoms with Crippen molar-refractivity contribution >= 4 is 62.2 Å². The summed E-state index contributed by atoms with van der Waals surface area (Å²) >= 11 is 1.69. The normalized spacial score (nSPS) is 17.4. The zero-order chi connectivity index (χ0) is 16.6. The van der Waals surface area contributed by atoms with E-state index in [1.165, 1.54) is 10.4 Å². The average Bonchev–Trinajstić information content (AvgIpc) is 3.23. The molecule has 2 aromatic rings. The van der Waals surface area contributed by atoms with E-state index in [0.717, 1.165) is 48.4 Å². The molecule has 2 aliphatic heterocycles. The van der Waals surface area contributed by atoms with Gasteiger partial charge >= 0.3 is 0 Å². The summed E-state index contributed by atoms with van der Waals surface area (Å²) in [5.74, 6) is 0.864. The fourth-order valence-electron chi connectivity index (χ4n) is 3.39. The van der Waals surface area contributed by atoms with Gasteiger partial charge in [0.15, 0.2) is 0 Å². The monoisotopic (exact) mass is 439 g/mol. The number of rotatable bonds is 5. The average molecular weight is 440 g/mol. The van der Waals surface area contributed by atoms with E-state index in [0.29, 0.717) is 19.6 Å². The van der Waals surface area contributed by atoms with Gasteiger partial charge in [-0.1, -0.05) is 0 Å². The van der Waals surface area contributed by atoms with Crippen molar-refractivity contribution in [3.05, 3.63) is 16.8 Å². The van der Waals surface area contributed by atoms with E-state index in [2.05, 4.69) is 20.6 Å². The Bertz CT molecular complexity index is 853. The lowest BCUT2D eigenvalue weighted by Gasteiger charge is -2.16. The summed E-state index contributed by atoms with van der Waals surface area (Å²) in [6.07, 6.45) is 4.45.